The van der Waals surface area contributed by atoms with Crippen LogP contribution in [0, 0.1) is 0 Å². The number of aromatic nitrogens is 2. The Morgan fingerprint density at radius 1 is 1.60 bits per heavy atom. The van der Waals surface area contributed by atoms with Crippen LogP contribution in [0.3, 0.4) is 0 Å². The van der Waals surface area contributed by atoms with E-state index in [0.717, 1.165) is 0 Å². The van der Waals surface area contributed by atoms with E-state index in [4.69, 9.17) is 5.11 Å². The van der Waals surface area contributed by atoms with Crippen molar-refractivity contribution in [1.82, 2.24) is 9.78 Å². The average Bonchev–Trinajstić information content (AvgIpc) is 2.89. The molecule has 2 rings (SSSR count). The van der Waals surface area contributed by atoms with Crippen LogP contribution in [0.15, 0.2) is 6.07 Å². The van der Waals surface area contributed by atoms with E-state index in [2.05, 4.69) is 5.10 Å². The van der Waals surface area contributed by atoms with E-state index < -0.39 is 11.4 Å². The third-order valence-corrected chi connectivity index (χ3v) is 3.09. The molecule has 0 amide bonds. The number of hydrogen-bond donors (Lipinski definition) is 1. The zero-order chi connectivity index (χ0) is 11.2. The van der Waals surface area contributed by atoms with Crippen LogP contribution in [0.4, 0.5) is 0 Å². The highest BCUT2D eigenvalue weighted by Crippen LogP contribution is 2.41. The van der Waals surface area contributed by atoms with Crippen molar-refractivity contribution >= 4 is 5.97 Å². The Balaban J connectivity index is 2.37. The molecular weight excluding hydrogens is 192 g/mol. The first kappa shape index (κ1) is 10.2. The van der Waals surface area contributed by atoms with Crippen LogP contribution in [0.2, 0.25) is 0 Å². The molecule has 1 fully saturated rings. The summed E-state index contributed by atoms with van der Waals surface area (Å²) in [7, 11) is 1.88. The third-order valence-electron chi connectivity index (χ3n) is 3.09. The number of rotatable bonds is 3. The first-order chi connectivity index (χ1) is 6.93. The van der Waals surface area contributed by atoms with E-state index in [9.17, 15) is 4.79 Å². The zero-order valence-electron chi connectivity index (χ0n) is 9.32. The molecule has 0 bridgehead atoms. The van der Waals surface area contributed by atoms with Gasteiger partial charge >= 0.3 is 5.97 Å². The lowest BCUT2D eigenvalue weighted by atomic mass is 9.89. The summed E-state index contributed by atoms with van der Waals surface area (Å²) >= 11 is 0. The van der Waals surface area contributed by atoms with Gasteiger partial charge in [0.25, 0.3) is 0 Å². The summed E-state index contributed by atoms with van der Waals surface area (Å²) in [4.78, 5) is 11.1. The zero-order valence-corrected chi connectivity index (χ0v) is 9.32. The Morgan fingerprint density at radius 2 is 2.20 bits per heavy atom. The van der Waals surface area contributed by atoms with Crippen LogP contribution >= 0.6 is 0 Å². The van der Waals surface area contributed by atoms with Crippen LogP contribution in [0.5, 0.6) is 0 Å². The Kier molecular flexibility index (Phi) is 2.10. The van der Waals surface area contributed by atoms with Gasteiger partial charge in [0.05, 0.1) is 5.69 Å². The monoisotopic (exact) mass is 208 g/mol. The van der Waals surface area contributed by atoms with Crippen LogP contribution < -0.4 is 0 Å². The number of aliphatic carboxylic acids is 1. The molecule has 0 radical (unpaired) electrons. The van der Waals surface area contributed by atoms with E-state index in [1.165, 1.54) is 18.5 Å². The fraction of sp³-hybridized carbons (Fsp3) is 0.636. The van der Waals surface area contributed by atoms with Gasteiger partial charge in [-0.3, -0.25) is 9.48 Å². The minimum absolute atomic E-state index is 0.598. The lowest BCUT2D eigenvalue weighted by Gasteiger charge is -2.15. The van der Waals surface area contributed by atoms with Gasteiger partial charge in [-0.1, -0.05) is 0 Å². The van der Waals surface area contributed by atoms with Gasteiger partial charge in [0.1, 0.15) is 5.41 Å². The van der Waals surface area contributed by atoms with E-state index in [-0.39, 0.29) is 0 Å². The fourth-order valence-corrected chi connectivity index (χ4v) is 1.66. The average molecular weight is 208 g/mol. The SMILES string of the molecule is Cn1nc(C(C)(C)C(=O)O)cc1C1CC1. The van der Waals surface area contributed by atoms with E-state index >= 15 is 0 Å². The minimum Gasteiger partial charge on any atom is -0.481 e. The van der Waals surface area contributed by atoms with Gasteiger partial charge in [-0.15, -0.1) is 0 Å². The van der Waals surface area contributed by atoms with Crippen molar-refractivity contribution in [2.75, 3.05) is 0 Å². The first-order valence-electron chi connectivity index (χ1n) is 5.20. The summed E-state index contributed by atoms with van der Waals surface area (Å²) < 4.78 is 1.82. The molecule has 0 spiro atoms. The number of carboxylic acid groups (broad SMARTS) is 1. The second kappa shape index (κ2) is 3.08. The summed E-state index contributed by atoms with van der Waals surface area (Å²) in [6.07, 6.45) is 2.40. The van der Waals surface area contributed by atoms with Crippen molar-refractivity contribution in [3.05, 3.63) is 17.5 Å². The topological polar surface area (TPSA) is 55.1 Å². The van der Waals surface area contributed by atoms with Crippen molar-refractivity contribution in [2.24, 2.45) is 7.05 Å². The number of hydrogen-bond acceptors (Lipinski definition) is 2. The second-order valence-corrected chi connectivity index (χ2v) is 4.78. The maximum atomic E-state index is 11.1. The lowest BCUT2D eigenvalue weighted by Crippen LogP contribution is -2.29. The van der Waals surface area contributed by atoms with Crippen molar-refractivity contribution in [2.45, 2.75) is 38.0 Å². The summed E-state index contributed by atoms with van der Waals surface area (Å²) in [5, 5.41) is 13.4. The molecule has 82 valence electrons. The Morgan fingerprint density at radius 3 is 2.67 bits per heavy atom. The van der Waals surface area contributed by atoms with Crippen molar-refractivity contribution in [3.8, 4) is 0 Å². The van der Waals surface area contributed by atoms with Gasteiger partial charge in [-0.25, -0.2) is 0 Å². The number of carbonyl (C=O) groups is 1. The van der Waals surface area contributed by atoms with E-state index in [1.54, 1.807) is 13.8 Å². The molecule has 1 aliphatic carbocycles. The molecular formula is C11H16N2O2. The Labute approximate surface area is 88.9 Å². The highest BCUT2D eigenvalue weighted by molar-refractivity contribution is 5.79. The number of nitrogens with zero attached hydrogens (tertiary/aromatic N) is 2. The number of aryl methyl sites for hydroxylation is 1. The maximum absolute atomic E-state index is 11.1. The van der Waals surface area contributed by atoms with Crippen LogP contribution in [0.25, 0.3) is 0 Å². The molecule has 1 aromatic heterocycles. The van der Waals surface area contributed by atoms with Crippen molar-refractivity contribution < 1.29 is 9.90 Å². The largest absolute Gasteiger partial charge is 0.481 e. The molecule has 1 aliphatic rings. The molecule has 4 heteroatoms. The quantitative estimate of drug-likeness (QED) is 0.821. The van der Waals surface area contributed by atoms with Gasteiger partial charge in [-0.2, -0.15) is 5.10 Å². The molecule has 1 N–H and O–H groups in total. The molecule has 0 aromatic carbocycles. The fourth-order valence-electron chi connectivity index (χ4n) is 1.66. The summed E-state index contributed by atoms with van der Waals surface area (Å²) in [5.41, 5.74) is 0.920. The van der Waals surface area contributed by atoms with E-state index in [1.807, 2.05) is 17.8 Å². The number of carboxylic acids is 1. The lowest BCUT2D eigenvalue weighted by molar-refractivity contribution is -0.142. The van der Waals surface area contributed by atoms with E-state index in [0.29, 0.717) is 11.6 Å². The maximum Gasteiger partial charge on any atom is 0.315 e. The Hall–Kier alpha value is -1.32. The van der Waals surface area contributed by atoms with Crippen molar-refractivity contribution in [3.63, 3.8) is 0 Å². The molecule has 1 heterocycles. The second-order valence-electron chi connectivity index (χ2n) is 4.78. The van der Waals surface area contributed by atoms with Gasteiger partial charge in [0.15, 0.2) is 0 Å². The molecule has 0 unspecified atom stereocenters. The van der Waals surface area contributed by atoms with Gasteiger partial charge < -0.3 is 5.11 Å². The highest BCUT2D eigenvalue weighted by atomic mass is 16.4. The predicted molar refractivity (Wildman–Crippen MR) is 55.8 cm³/mol. The van der Waals surface area contributed by atoms with Gasteiger partial charge in [0.2, 0.25) is 0 Å². The van der Waals surface area contributed by atoms with Gasteiger partial charge in [-0.05, 0) is 32.8 Å². The minimum atomic E-state index is -0.898. The molecule has 1 aromatic rings. The van der Waals surface area contributed by atoms with Gasteiger partial charge in [0, 0.05) is 18.7 Å². The normalized spacial score (nSPS) is 16.7. The summed E-state index contributed by atoms with van der Waals surface area (Å²) in [6.45, 7) is 3.38. The summed E-state index contributed by atoms with van der Waals surface area (Å²) in [6, 6.07) is 1.94. The molecule has 4 nitrogen and oxygen atoms in total. The van der Waals surface area contributed by atoms with Crippen LogP contribution in [-0.4, -0.2) is 20.9 Å². The molecule has 0 atom stereocenters. The predicted octanol–water partition coefficient (Wildman–Crippen LogP) is 1.66. The summed E-state index contributed by atoms with van der Waals surface area (Å²) in [5.74, 6) is -0.233. The first-order valence-corrected chi connectivity index (χ1v) is 5.20. The van der Waals surface area contributed by atoms with Crippen LogP contribution in [0.1, 0.15) is 44.0 Å². The standard InChI is InChI=1S/C11H16N2O2/c1-11(2,10(14)15)9-6-8(7-4-5-7)13(3)12-9/h6-7H,4-5H2,1-3H3,(H,14,15). The molecule has 0 aliphatic heterocycles. The highest BCUT2D eigenvalue weighted by Gasteiger charge is 2.35. The molecule has 1 saturated carbocycles. The molecule has 0 saturated heterocycles. The Bertz CT molecular complexity index is 403. The molecule has 15 heavy (non-hydrogen) atoms. The smallest absolute Gasteiger partial charge is 0.315 e. The third kappa shape index (κ3) is 1.64. The van der Waals surface area contributed by atoms with Crippen LogP contribution in [-0.2, 0) is 17.3 Å². The van der Waals surface area contributed by atoms with Crippen molar-refractivity contribution in [1.29, 1.82) is 0 Å².